The first kappa shape index (κ1) is 16.4. The largest absolute Gasteiger partial charge is 0.481 e. The quantitative estimate of drug-likeness (QED) is 0.921. The highest BCUT2D eigenvalue weighted by Crippen LogP contribution is 2.42. The van der Waals surface area contributed by atoms with E-state index in [0.29, 0.717) is 0 Å². The summed E-state index contributed by atoms with van der Waals surface area (Å²) in [4.78, 5) is 21.1. The van der Waals surface area contributed by atoms with E-state index in [-0.39, 0.29) is 6.04 Å². The van der Waals surface area contributed by atoms with E-state index >= 15 is 0 Å². The number of carboxylic acid groups (broad SMARTS) is 1. The van der Waals surface area contributed by atoms with Gasteiger partial charge < -0.3 is 10.0 Å². The lowest BCUT2D eigenvalue weighted by Gasteiger charge is -2.51. The Morgan fingerprint density at radius 2 is 2.22 bits per heavy atom. The lowest BCUT2D eigenvalue weighted by atomic mass is 9.68. The maximum atomic E-state index is 11.9. The summed E-state index contributed by atoms with van der Waals surface area (Å²) in [7, 11) is 2.07. The normalized spacial score (nSPS) is 29.2. The number of likely N-dealkylation sites (N-methyl/N-ethyl adjacent to an activating group) is 1. The predicted molar refractivity (Wildman–Crippen MR) is 89.2 cm³/mol. The number of rotatable bonds is 4. The van der Waals surface area contributed by atoms with Gasteiger partial charge >= 0.3 is 5.97 Å². The summed E-state index contributed by atoms with van der Waals surface area (Å²) >= 11 is 0. The minimum atomic E-state index is -0.612. The van der Waals surface area contributed by atoms with Gasteiger partial charge in [-0.2, -0.15) is 0 Å². The van der Waals surface area contributed by atoms with Crippen molar-refractivity contribution < 1.29 is 9.90 Å². The van der Waals surface area contributed by atoms with Crippen molar-refractivity contribution in [1.29, 1.82) is 0 Å². The lowest BCUT2D eigenvalue weighted by Crippen LogP contribution is -2.62. The van der Waals surface area contributed by atoms with Crippen LogP contribution < -0.4 is 0 Å². The van der Waals surface area contributed by atoms with Gasteiger partial charge in [-0.1, -0.05) is 13.0 Å². The molecule has 2 aliphatic heterocycles. The van der Waals surface area contributed by atoms with Crippen molar-refractivity contribution in [2.75, 3.05) is 26.7 Å². The number of aromatic nitrogens is 1. The van der Waals surface area contributed by atoms with Crippen molar-refractivity contribution in [2.24, 2.45) is 5.41 Å². The summed E-state index contributed by atoms with van der Waals surface area (Å²) in [5.74, 6) is -0.612. The summed E-state index contributed by atoms with van der Waals surface area (Å²) in [6.07, 6.45) is 5.50. The minimum absolute atomic E-state index is 0.109. The highest BCUT2D eigenvalue weighted by Gasteiger charge is 2.52. The van der Waals surface area contributed by atoms with Crippen LogP contribution in [0.1, 0.15) is 37.4 Å². The molecule has 0 aliphatic carbocycles. The molecule has 2 aliphatic rings. The van der Waals surface area contributed by atoms with Crippen LogP contribution in [0, 0.1) is 5.41 Å². The smallest absolute Gasteiger partial charge is 0.311 e. The van der Waals surface area contributed by atoms with Gasteiger partial charge in [0.1, 0.15) is 0 Å². The maximum absolute atomic E-state index is 11.9. The van der Waals surface area contributed by atoms with Crippen molar-refractivity contribution in [1.82, 2.24) is 14.8 Å². The highest BCUT2D eigenvalue weighted by molar-refractivity contribution is 5.76. The molecule has 3 rings (SSSR count). The molecule has 0 saturated carbocycles. The number of hydrogen-bond donors (Lipinski definition) is 1. The number of fused-ring (bicyclic) bond motifs is 1. The number of likely N-dealkylation sites (tertiary alicyclic amines) is 2. The van der Waals surface area contributed by atoms with E-state index in [0.717, 1.165) is 57.6 Å². The molecule has 0 amide bonds. The molecule has 1 N–H and O–H groups in total. The molecule has 2 atom stereocenters. The number of nitrogens with zero attached hydrogens (tertiary/aromatic N) is 3. The van der Waals surface area contributed by atoms with Crippen LogP contribution in [0.2, 0.25) is 0 Å². The van der Waals surface area contributed by atoms with E-state index in [2.05, 4.69) is 40.9 Å². The Kier molecular flexibility index (Phi) is 4.69. The molecule has 1 aromatic rings. The summed E-state index contributed by atoms with van der Waals surface area (Å²) in [6.45, 7) is 5.60. The third kappa shape index (κ3) is 3.12. The van der Waals surface area contributed by atoms with Crippen molar-refractivity contribution in [3.63, 3.8) is 0 Å². The van der Waals surface area contributed by atoms with Gasteiger partial charge in [-0.05, 0) is 57.5 Å². The van der Waals surface area contributed by atoms with Crippen LogP contribution in [-0.2, 0) is 17.8 Å². The molecule has 23 heavy (non-hydrogen) atoms. The van der Waals surface area contributed by atoms with Crippen molar-refractivity contribution >= 4 is 5.97 Å². The monoisotopic (exact) mass is 317 g/mol. The van der Waals surface area contributed by atoms with Gasteiger partial charge in [-0.3, -0.25) is 14.7 Å². The topological polar surface area (TPSA) is 56.7 Å². The van der Waals surface area contributed by atoms with Crippen LogP contribution in [-0.4, -0.2) is 58.6 Å². The number of carbonyl (C=O) groups is 1. The molecule has 5 heteroatoms. The van der Waals surface area contributed by atoms with E-state index in [1.807, 2.05) is 6.20 Å². The summed E-state index contributed by atoms with van der Waals surface area (Å²) in [6, 6.07) is 4.35. The van der Waals surface area contributed by atoms with Gasteiger partial charge in [0.2, 0.25) is 0 Å². The average Bonchev–Trinajstić information content (AvgIpc) is 2.56. The zero-order valence-corrected chi connectivity index (χ0v) is 14.2. The third-order valence-corrected chi connectivity index (χ3v) is 5.71. The Morgan fingerprint density at radius 3 is 2.87 bits per heavy atom. The zero-order chi connectivity index (χ0) is 16.4. The molecule has 1 aromatic heterocycles. The van der Waals surface area contributed by atoms with E-state index in [1.165, 1.54) is 5.56 Å². The maximum Gasteiger partial charge on any atom is 0.311 e. The molecule has 3 heterocycles. The van der Waals surface area contributed by atoms with Gasteiger partial charge in [-0.25, -0.2) is 0 Å². The van der Waals surface area contributed by atoms with Crippen LogP contribution in [0.15, 0.2) is 18.3 Å². The SMILES string of the molecule is CCc1ccc(CN2CC[C@@]3(C(=O)O)CCCN(C)[C@@H]3C2)nc1. The number of piperidine rings is 2. The van der Waals surface area contributed by atoms with E-state index in [4.69, 9.17) is 0 Å². The van der Waals surface area contributed by atoms with Gasteiger partial charge in [0.05, 0.1) is 11.1 Å². The molecule has 0 aromatic carbocycles. The zero-order valence-electron chi connectivity index (χ0n) is 14.2. The molecular weight excluding hydrogens is 290 g/mol. The van der Waals surface area contributed by atoms with Crippen LogP contribution in [0.25, 0.3) is 0 Å². The molecule has 5 nitrogen and oxygen atoms in total. The number of carboxylic acids is 1. The first-order valence-corrected chi connectivity index (χ1v) is 8.65. The van der Waals surface area contributed by atoms with E-state index < -0.39 is 11.4 Å². The molecule has 2 saturated heterocycles. The van der Waals surface area contributed by atoms with Crippen LogP contribution in [0.4, 0.5) is 0 Å². The summed E-state index contributed by atoms with van der Waals surface area (Å²) < 4.78 is 0. The molecule has 2 fully saturated rings. The molecule has 0 unspecified atom stereocenters. The first-order valence-electron chi connectivity index (χ1n) is 8.65. The van der Waals surface area contributed by atoms with E-state index in [9.17, 15) is 9.90 Å². The van der Waals surface area contributed by atoms with Crippen LogP contribution in [0.5, 0.6) is 0 Å². The second-order valence-electron chi connectivity index (χ2n) is 7.06. The Morgan fingerprint density at radius 1 is 1.39 bits per heavy atom. The molecular formula is C18H27N3O2. The average molecular weight is 317 g/mol. The van der Waals surface area contributed by atoms with Crippen LogP contribution in [0.3, 0.4) is 0 Å². The van der Waals surface area contributed by atoms with Crippen LogP contribution >= 0.6 is 0 Å². The fourth-order valence-corrected chi connectivity index (χ4v) is 4.17. The summed E-state index contributed by atoms with van der Waals surface area (Å²) in [5.41, 5.74) is 1.77. The molecule has 0 radical (unpaired) electrons. The van der Waals surface area contributed by atoms with Gasteiger partial charge in [-0.15, -0.1) is 0 Å². The third-order valence-electron chi connectivity index (χ3n) is 5.71. The van der Waals surface area contributed by atoms with Crippen molar-refractivity contribution in [3.8, 4) is 0 Å². The molecule has 0 spiro atoms. The van der Waals surface area contributed by atoms with Crippen molar-refractivity contribution in [2.45, 2.75) is 45.2 Å². The molecule has 126 valence electrons. The highest BCUT2D eigenvalue weighted by atomic mass is 16.4. The Hall–Kier alpha value is -1.46. The van der Waals surface area contributed by atoms with Gasteiger partial charge in [0.25, 0.3) is 0 Å². The number of pyridine rings is 1. The fourth-order valence-electron chi connectivity index (χ4n) is 4.17. The number of hydrogen-bond acceptors (Lipinski definition) is 4. The van der Waals surface area contributed by atoms with Crippen molar-refractivity contribution in [3.05, 3.63) is 29.6 Å². The number of aryl methyl sites for hydroxylation is 1. The van der Waals surface area contributed by atoms with E-state index in [1.54, 1.807) is 0 Å². The minimum Gasteiger partial charge on any atom is -0.481 e. The fraction of sp³-hybridized carbons (Fsp3) is 0.667. The summed E-state index contributed by atoms with van der Waals surface area (Å²) in [5, 5.41) is 9.82. The Balaban J connectivity index is 1.71. The predicted octanol–water partition coefficient (Wildman–Crippen LogP) is 2.01. The first-order chi connectivity index (χ1) is 11.0. The molecule has 0 bridgehead atoms. The Labute approximate surface area is 138 Å². The second-order valence-corrected chi connectivity index (χ2v) is 7.06. The number of aliphatic carboxylic acids is 1. The van der Waals surface area contributed by atoms with Gasteiger partial charge in [0.15, 0.2) is 0 Å². The Bertz CT molecular complexity index is 560. The van der Waals surface area contributed by atoms with Gasteiger partial charge in [0, 0.05) is 25.3 Å². The lowest BCUT2D eigenvalue weighted by molar-refractivity contribution is -0.162. The second kappa shape index (κ2) is 6.57. The standard InChI is InChI=1S/C18H27N3O2/c1-3-14-5-6-15(19-11-14)12-21-10-8-18(17(22)23)7-4-9-20(2)16(18)13-21/h5-6,11,16H,3-4,7-10,12-13H2,1-2H3,(H,22,23)/t16-,18+/m1/s1.